The van der Waals surface area contributed by atoms with Gasteiger partial charge in [-0.3, -0.25) is 0 Å². The summed E-state index contributed by atoms with van der Waals surface area (Å²) in [6.45, 7) is 6.97. The second-order valence-electron chi connectivity index (χ2n) is 7.67. The van der Waals surface area contributed by atoms with Gasteiger partial charge >= 0.3 is 0 Å². The molecule has 5 heteroatoms. The van der Waals surface area contributed by atoms with E-state index in [-0.39, 0.29) is 5.41 Å². The molecule has 3 aromatic rings. The molecule has 1 aromatic carbocycles. The molecule has 3 heterocycles. The minimum absolute atomic E-state index is 0.0240. The number of benzene rings is 1. The lowest BCUT2D eigenvalue weighted by Gasteiger charge is -2.32. The molecule has 0 fully saturated rings. The van der Waals surface area contributed by atoms with Gasteiger partial charge < -0.3 is 9.47 Å². The predicted octanol–water partition coefficient (Wildman–Crippen LogP) is 4.48. The summed E-state index contributed by atoms with van der Waals surface area (Å²) in [4.78, 5) is 14.2. The molecule has 0 saturated carbocycles. The van der Waals surface area contributed by atoms with Crippen LogP contribution in [0.4, 0.5) is 0 Å². The van der Waals surface area contributed by atoms with Crippen molar-refractivity contribution in [2.45, 2.75) is 27.2 Å². The lowest BCUT2D eigenvalue weighted by molar-refractivity contribution is 0.148. The van der Waals surface area contributed by atoms with Gasteiger partial charge in [-0.25, -0.2) is 9.97 Å². The van der Waals surface area contributed by atoms with Crippen molar-refractivity contribution in [2.24, 2.45) is 5.41 Å². The molecule has 0 N–H and O–H groups in total. The zero-order valence-electron chi connectivity index (χ0n) is 16.1. The Balaban J connectivity index is 1.96. The van der Waals surface area contributed by atoms with E-state index >= 15 is 0 Å². The van der Waals surface area contributed by atoms with Gasteiger partial charge in [0.1, 0.15) is 11.4 Å². The van der Waals surface area contributed by atoms with Crippen molar-refractivity contribution < 1.29 is 9.47 Å². The van der Waals surface area contributed by atoms with Crippen LogP contribution in [0.1, 0.15) is 25.1 Å². The highest BCUT2D eigenvalue weighted by molar-refractivity contribution is 5.73. The van der Waals surface area contributed by atoms with E-state index in [0.717, 1.165) is 40.4 Å². The van der Waals surface area contributed by atoms with E-state index in [1.807, 2.05) is 49.4 Å². The summed E-state index contributed by atoms with van der Waals surface area (Å²) in [5, 5.41) is 0. The largest absolute Gasteiger partial charge is 0.496 e. The lowest BCUT2D eigenvalue weighted by atomic mass is 9.83. The Morgan fingerprint density at radius 2 is 1.81 bits per heavy atom. The molecule has 1 aliphatic heterocycles. The van der Waals surface area contributed by atoms with Crippen LogP contribution in [0.25, 0.3) is 22.8 Å². The first-order valence-electron chi connectivity index (χ1n) is 9.08. The Bertz CT molecular complexity index is 999. The number of fused-ring (bicyclic) bond motifs is 1. The van der Waals surface area contributed by atoms with Gasteiger partial charge in [0.05, 0.1) is 19.4 Å². The van der Waals surface area contributed by atoms with Gasteiger partial charge in [-0.15, -0.1) is 0 Å². The summed E-state index contributed by atoms with van der Waals surface area (Å²) < 4.78 is 11.6. The highest BCUT2D eigenvalue weighted by Crippen LogP contribution is 2.41. The maximum atomic E-state index is 6.05. The first-order chi connectivity index (χ1) is 13.0. The number of methoxy groups -OCH3 is 1. The van der Waals surface area contributed by atoms with Gasteiger partial charge in [0.15, 0.2) is 5.82 Å². The van der Waals surface area contributed by atoms with Gasteiger partial charge in [-0.2, -0.15) is 4.98 Å². The van der Waals surface area contributed by atoms with Crippen molar-refractivity contribution in [2.75, 3.05) is 13.7 Å². The number of rotatable bonds is 3. The van der Waals surface area contributed by atoms with Crippen LogP contribution in [0.3, 0.4) is 0 Å². The lowest BCUT2D eigenvalue weighted by Crippen LogP contribution is -2.30. The third kappa shape index (κ3) is 3.37. The number of nitrogens with zero attached hydrogens (tertiary/aromatic N) is 3. The molecule has 1 aliphatic rings. The van der Waals surface area contributed by atoms with E-state index in [4.69, 9.17) is 19.4 Å². The van der Waals surface area contributed by atoms with Gasteiger partial charge in [0, 0.05) is 22.2 Å². The zero-order valence-corrected chi connectivity index (χ0v) is 16.1. The molecule has 0 spiro atoms. The van der Waals surface area contributed by atoms with Crippen molar-refractivity contribution in [3.63, 3.8) is 0 Å². The molecule has 27 heavy (non-hydrogen) atoms. The van der Waals surface area contributed by atoms with Crippen molar-refractivity contribution in [1.29, 1.82) is 0 Å². The SMILES string of the molecule is COc1ccccc1-c1nc(-c2cccc(C)n2)nc2c1CC(C)(C)CO2. The average molecular weight is 361 g/mol. The highest BCUT2D eigenvalue weighted by Gasteiger charge is 2.32. The summed E-state index contributed by atoms with van der Waals surface area (Å²) in [5.74, 6) is 1.99. The number of hydrogen-bond acceptors (Lipinski definition) is 5. The van der Waals surface area contributed by atoms with Crippen molar-refractivity contribution >= 4 is 0 Å². The molecule has 5 nitrogen and oxygen atoms in total. The summed E-state index contributed by atoms with van der Waals surface area (Å²) in [7, 11) is 1.68. The van der Waals surface area contributed by atoms with Crippen LogP contribution < -0.4 is 9.47 Å². The second kappa shape index (κ2) is 6.65. The maximum Gasteiger partial charge on any atom is 0.220 e. The molecule has 2 aromatic heterocycles. The van der Waals surface area contributed by atoms with Crippen molar-refractivity contribution in [1.82, 2.24) is 15.0 Å². The molecule has 0 aliphatic carbocycles. The van der Waals surface area contributed by atoms with E-state index in [9.17, 15) is 0 Å². The van der Waals surface area contributed by atoms with Crippen LogP contribution in [-0.2, 0) is 6.42 Å². The molecule has 4 rings (SSSR count). The topological polar surface area (TPSA) is 57.1 Å². The molecule has 138 valence electrons. The van der Waals surface area contributed by atoms with E-state index in [1.54, 1.807) is 7.11 Å². The fourth-order valence-electron chi connectivity index (χ4n) is 3.38. The molecule has 0 atom stereocenters. The van der Waals surface area contributed by atoms with E-state index in [2.05, 4.69) is 18.8 Å². The monoisotopic (exact) mass is 361 g/mol. The number of aryl methyl sites for hydroxylation is 1. The minimum Gasteiger partial charge on any atom is -0.496 e. The fourth-order valence-corrected chi connectivity index (χ4v) is 3.38. The number of hydrogen-bond donors (Lipinski definition) is 0. The predicted molar refractivity (Wildman–Crippen MR) is 105 cm³/mol. The number of pyridine rings is 1. The van der Waals surface area contributed by atoms with Gasteiger partial charge in [-0.1, -0.05) is 32.0 Å². The van der Waals surface area contributed by atoms with Crippen LogP contribution in [0.5, 0.6) is 11.6 Å². The van der Waals surface area contributed by atoms with Crippen molar-refractivity contribution in [3.8, 4) is 34.4 Å². The molecular formula is C22H23N3O2. The summed E-state index contributed by atoms with van der Waals surface area (Å²) in [6.07, 6.45) is 0.844. The minimum atomic E-state index is 0.0240. The van der Waals surface area contributed by atoms with E-state index in [0.29, 0.717) is 18.3 Å². The third-order valence-electron chi connectivity index (χ3n) is 4.70. The highest BCUT2D eigenvalue weighted by atomic mass is 16.5. The van der Waals surface area contributed by atoms with Crippen LogP contribution in [0, 0.1) is 12.3 Å². The Labute approximate surface area is 159 Å². The Kier molecular flexibility index (Phi) is 4.30. The Hall–Kier alpha value is -2.95. The number of para-hydroxylation sites is 1. The molecular weight excluding hydrogens is 338 g/mol. The molecule has 0 radical (unpaired) electrons. The quantitative estimate of drug-likeness (QED) is 0.688. The first kappa shape index (κ1) is 17.5. The molecule has 0 bridgehead atoms. The normalized spacial score (nSPS) is 15.0. The van der Waals surface area contributed by atoms with E-state index < -0.39 is 0 Å². The zero-order chi connectivity index (χ0) is 19.0. The first-order valence-corrected chi connectivity index (χ1v) is 9.08. The molecule has 0 amide bonds. The van der Waals surface area contributed by atoms with Crippen LogP contribution in [0.15, 0.2) is 42.5 Å². The van der Waals surface area contributed by atoms with Crippen LogP contribution >= 0.6 is 0 Å². The van der Waals surface area contributed by atoms with Gasteiger partial charge in [0.25, 0.3) is 0 Å². The molecule has 0 saturated heterocycles. The Morgan fingerprint density at radius 1 is 1.00 bits per heavy atom. The smallest absolute Gasteiger partial charge is 0.220 e. The third-order valence-corrected chi connectivity index (χ3v) is 4.70. The Morgan fingerprint density at radius 3 is 2.59 bits per heavy atom. The van der Waals surface area contributed by atoms with Crippen LogP contribution in [0.2, 0.25) is 0 Å². The van der Waals surface area contributed by atoms with Crippen LogP contribution in [-0.4, -0.2) is 28.7 Å². The fraction of sp³-hybridized carbons (Fsp3) is 0.318. The number of ether oxygens (including phenoxy) is 2. The number of aromatic nitrogens is 3. The summed E-state index contributed by atoms with van der Waals surface area (Å²) in [6, 6.07) is 13.8. The average Bonchev–Trinajstić information content (AvgIpc) is 2.66. The van der Waals surface area contributed by atoms with Gasteiger partial charge in [0.2, 0.25) is 5.88 Å². The summed E-state index contributed by atoms with van der Waals surface area (Å²) in [5.41, 5.74) is 4.50. The van der Waals surface area contributed by atoms with E-state index in [1.165, 1.54) is 0 Å². The summed E-state index contributed by atoms with van der Waals surface area (Å²) >= 11 is 0. The van der Waals surface area contributed by atoms with Crippen molar-refractivity contribution in [3.05, 3.63) is 53.7 Å². The second-order valence-corrected chi connectivity index (χ2v) is 7.67. The molecule has 0 unspecified atom stereocenters. The standard InChI is InChI=1S/C22H23N3O2/c1-14-8-7-10-17(23-14)20-24-19(15-9-5-6-11-18(15)26-4)16-12-22(2,3)13-27-21(16)25-20/h5-11H,12-13H2,1-4H3. The van der Waals surface area contributed by atoms with Gasteiger partial charge in [-0.05, 0) is 37.6 Å². The maximum absolute atomic E-state index is 6.05.